The van der Waals surface area contributed by atoms with Gasteiger partial charge in [-0.1, -0.05) is 80.9 Å². The van der Waals surface area contributed by atoms with Gasteiger partial charge in [0.25, 0.3) is 0 Å². The summed E-state index contributed by atoms with van der Waals surface area (Å²) in [4.78, 5) is 53.2. The van der Waals surface area contributed by atoms with E-state index in [1.54, 1.807) is 38.1 Å². The van der Waals surface area contributed by atoms with E-state index in [0.29, 0.717) is 17.7 Å². The third kappa shape index (κ3) is 11.5. The van der Waals surface area contributed by atoms with Crippen LogP contribution in [0.4, 0.5) is 18.0 Å². The first-order chi connectivity index (χ1) is 25.0. The van der Waals surface area contributed by atoms with Gasteiger partial charge in [0.2, 0.25) is 11.8 Å². The lowest BCUT2D eigenvalue weighted by Crippen LogP contribution is -2.58. The number of hydrogen-bond acceptors (Lipinski definition) is 7. The van der Waals surface area contributed by atoms with Crippen molar-refractivity contribution in [1.29, 1.82) is 0 Å². The summed E-state index contributed by atoms with van der Waals surface area (Å²) in [6, 6.07) is 18.6. The molecule has 53 heavy (non-hydrogen) atoms. The molecule has 3 aromatic rings. The van der Waals surface area contributed by atoms with Gasteiger partial charge in [-0.05, 0) is 73.1 Å². The number of rotatable bonds is 15. The third-order valence-corrected chi connectivity index (χ3v) is 9.05. The minimum atomic E-state index is -4.57. The van der Waals surface area contributed by atoms with Crippen LogP contribution in [0.25, 0.3) is 11.1 Å². The Hall–Kier alpha value is -5.07. The van der Waals surface area contributed by atoms with Gasteiger partial charge in [-0.25, -0.2) is 9.59 Å². The van der Waals surface area contributed by atoms with E-state index in [1.807, 2.05) is 69.3 Å². The van der Waals surface area contributed by atoms with Crippen molar-refractivity contribution in [3.05, 3.63) is 89.5 Å². The van der Waals surface area contributed by atoms with E-state index >= 15 is 0 Å². The maximum absolute atomic E-state index is 14.0. The zero-order valence-electron chi connectivity index (χ0n) is 30.8. The molecule has 3 N–H and O–H groups in total. The van der Waals surface area contributed by atoms with E-state index in [9.17, 15) is 32.3 Å². The molecule has 0 heterocycles. The summed E-state index contributed by atoms with van der Waals surface area (Å²) in [5.41, 5.74) is 4.34. The second kappa shape index (κ2) is 17.6. The molecule has 3 amide bonds. The summed E-state index contributed by atoms with van der Waals surface area (Å²) >= 11 is 0. The van der Waals surface area contributed by atoms with Gasteiger partial charge in [0.1, 0.15) is 36.1 Å². The molecule has 0 saturated carbocycles. The number of hydrogen-bond donors (Lipinski definition) is 3. The first-order valence-corrected chi connectivity index (χ1v) is 17.6. The van der Waals surface area contributed by atoms with Crippen molar-refractivity contribution in [3.8, 4) is 16.9 Å². The number of esters is 1. The van der Waals surface area contributed by atoms with Crippen LogP contribution in [0, 0.1) is 5.92 Å². The van der Waals surface area contributed by atoms with Gasteiger partial charge in [-0.2, -0.15) is 13.2 Å². The number of ether oxygens (including phenoxy) is 3. The van der Waals surface area contributed by atoms with Crippen LogP contribution in [-0.2, 0) is 30.3 Å². The van der Waals surface area contributed by atoms with Gasteiger partial charge in [0.15, 0.2) is 0 Å². The lowest BCUT2D eigenvalue weighted by atomic mass is 9.96. The summed E-state index contributed by atoms with van der Waals surface area (Å²) in [6.45, 7) is 9.17. The number of amides is 3. The van der Waals surface area contributed by atoms with Crippen LogP contribution in [0.3, 0.4) is 0 Å². The highest BCUT2D eigenvalue weighted by Gasteiger charge is 2.36. The van der Waals surface area contributed by atoms with Crippen LogP contribution in [0.1, 0.15) is 76.5 Å². The van der Waals surface area contributed by atoms with E-state index in [-0.39, 0.29) is 18.9 Å². The molecule has 0 aromatic heterocycles. The monoisotopic (exact) mass is 739 g/mol. The molecule has 0 saturated heterocycles. The first kappa shape index (κ1) is 40.7. The average molecular weight is 740 g/mol. The number of halogens is 3. The Morgan fingerprint density at radius 2 is 1.38 bits per heavy atom. The Labute approximate surface area is 308 Å². The first-order valence-electron chi connectivity index (χ1n) is 17.6. The highest BCUT2D eigenvalue weighted by atomic mass is 19.4. The largest absolute Gasteiger partial charge is 0.488 e. The minimum Gasteiger partial charge on any atom is -0.488 e. The van der Waals surface area contributed by atoms with E-state index in [2.05, 4.69) is 20.7 Å². The molecular weight excluding hydrogens is 691 g/mol. The quantitative estimate of drug-likeness (QED) is 0.146. The third-order valence-electron chi connectivity index (χ3n) is 9.05. The van der Waals surface area contributed by atoms with Crippen molar-refractivity contribution in [2.24, 2.45) is 5.92 Å². The Morgan fingerprint density at radius 3 is 1.91 bits per heavy atom. The second-order valence-electron chi connectivity index (χ2n) is 14.2. The summed E-state index contributed by atoms with van der Waals surface area (Å²) < 4.78 is 55.3. The molecule has 3 aromatic carbocycles. The lowest BCUT2D eigenvalue weighted by molar-refractivity contribution is -0.151. The fourth-order valence-corrected chi connectivity index (χ4v) is 6.19. The van der Waals surface area contributed by atoms with Crippen LogP contribution in [0.5, 0.6) is 5.75 Å². The van der Waals surface area contributed by atoms with Gasteiger partial charge in [-0.15, -0.1) is 0 Å². The molecule has 0 aliphatic heterocycles. The second-order valence-corrected chi connectivity index (χ2v) is 14.2. The van der Waals surface area contributed by atoms with Crippen molar-refractivity contribution in [2.45, 2.75) is 96.1 Å². The molecule has 13 heteroatoms. The molecule has 0 spiro atoms. The predicted molar refractivity (Wildman–Crippen MR) is 193 cm³/mol. The fourth-order valence-electron chi connectivity index (χ4n) is 6.19. The SMILES string of the molecule is CC[C@H](C)[C@H](NC(=O)[C@H](Cc1ccc(OC(C)(C)C)cc1)NC(=O)OCC1c2ccccc2-c2ccccc21)C(=O)N[C@@H](CCC(F)(F)F)C(=O)OC. The van der Waals surface area contributed by atoms with Crippen molar-refractivity contribution in [1.82, 2.24) is 16.0 Å². The van der Waals surface area contributed by atoms with E-state index < -0.39 is 72.5 Å². The maximum Gasteiger partial charge on any atom is 0.407 e. The molecule has 0 bridgehead atoms. The maximum atomic E-state index is 14.0. The Balaban J connectivity index is 1.54. The summed E-state index contributed by atoms with van der Waals surface area (Å²) in [6.07, 6.45) is -7.12. The number of alkyl carbamates (subject to hydrolysis) is 1. The molecule has 1 aliphatic carbocycles. The van der Waals surface area contributed by atoms with E-state index in [0.717, 1.165) is 29.4 Å². The number of fused-ring (bicyclic) bond motifs is 3. The van der Waals surface area contributed by atoms with Crippen molar-refractivity contribution < 1.29 is 46.6 Å². The fraction of sp³-hybridized carbons (Fsp3) is 0.450. The molecule has 0 fully saturated rings. The molecule has 10 nitrogen and oxygen atoms in total. The van der Waals surface area contributed by atoms with E-state index in [4.69, 9.17) is 9.47 Å². The Bertz CT molecular complexity index is 1690. The number of benzene rings is 3. The zero-order valence-corrected chi connectivity index (χ0v) is 30.8. The highest BCUT2D eigenvalue weighted by Crippen LogP contribution is 2.44. The molecule has 286 valence electrons. The standard InChI is InChI=1S/C40H48F3N3O7/c1-7-24(2)34(36(48)44-32(37(49)51-6)20-21-40(41,42)43)46-35(47)33(22-25-16-18-26(19-17-25)53-39(3,4)5)45-38(50)52-23-31-29-14-10-8-12-27(29)28-13-9-11-15-30(28)31/h8-19,24,31-34H,7,20-23H2,1-6H3,(H,44,48)(H,45,50)(H,46,47)/t24-,32-,33-,34-/m0/s1. The van der Waals surface area contributed by atoms with Gasteiger partial charge < -0.3 is 30.2 Å². The normalized spacial score (nSPS) is 14.8. The molecule has 0 unspecified atom stereocenters. The number of alkyl halides is 3. The Kier molecular flexibility index (Phi) is 13.5. The molecule has 0 radical (unpaired) electrons. The summed E-state index contributed by atoms with van der Waals surface area (Å²) in [5.74, 6) is -2.79. The van der Waals surface area contributed by atoms with Crippen LogP contribution >= 0.6 is 0 Å². The lowest BCUT2D eigenvalue weighted by Gasteiger charge is -2.28. The summed E-state index contributed by atoms with van der Waals surface area (Å²) in [7, 11) is 1.00. The number of carbonyl (C=O) groups excluding carboxylic acids is 4. The number of nitrogens with one attached hydrogen (secondary N) is 3. The highest BCUT2D eigenvalue weighted by molar-refractivity contribution is 5.93. The zero-order chi connectivity index (χ0) is 38.9. The van der Waals surface area contributed by atoms with Crippen LogP contribution in [0.15, 0.2) is 72.8 Å². The Morgan fingerprint density at radius 1 is 0.792 bits per heavy atom. The van der Waals surface area contributed by atoms with Crippen molar-refractivity contribution in [3.63, 3.8) is 0 Å². The smallest absolute Gasteiger partial charge is 0.407 e. The van der Waals surface area contributed by atoms with Gasteiger partial charge in [-0.3, -0.25) is 9.59 Å². The predicted octanol–water partition coefficient (Wildman–Crippen LogP) is 6.84. The van der Waals surface area contributed by atoms with Crippen LogP contribution < -0.4 is 20.7 Å². The number of methoxy groups -OCH3 is 1. The molecule has 4 atom stereocenters. The topological polar surface area (TPSA) is 132 Å². The average Bonchev–Trinajstić information content (AvgIpc) is 3.43. The van der Waals surface area contributed by atoms with Gasteiger partial charge >= 0.3 is 18.2 Å². The minimum absolute atomic E-state index is 0.00220. The van der Waals surface area contributed by atoms with Crippen LogP contribution in [0.2, 0.25) is 0 Å². The number of carbonyl (C=O) groups is 4. The van der Waals surface area contributed by atoms with Crippen molar-refractivity contribution in [2.75, 3.05) is 13.7 Å². The van der Waals surface area contributed by atoms with Gasteiger partial charge in [0, 0.05) is 18.8 Å². The molecular formula is C40H48F3N3O7. The molecule has 4 rings (SSSR count). The van der Waals surface area contributed by atoms with Crippen molar-refractivity contribution >= 4 is 23.9 Å². The van der Waals surface area contributed by atoms with Gasteiger partial charge in [0.05, 0.1) is 7.11 Å². The summed E-state index contributed by atoms with van der Waals surface area (Å²) in [5, 5.41) is 7.66. The van der Waals surface area contributed by atoms with E-state index in [1.165, 1.54) is 0 Å². The molecule has 1 aliphatic rings. The van der Waals surface area contributed by atoms with Crippen LogP contribution in [-0.4, -0.2) is 67.5 Å².